The number of fused-ring (bicyclic) bond motifs is 3. The molecule has 1 aliphatic carbocycles. The van der Waals surface area contributed by atoms with Gasteiger partial charge in [-0.1, -0.05) is 55.5 Å². The number of carboxylic acids is 1. The van der Waals surface area contributed by atoms with E-state index < -0.39 is 30.1 Å². The molecule has 0 fully saturated rings. The highest BCUT2D eigenvalue weighted by molar-refractivity contribution is 5.89. The molecule has 0 aromatic heterocycles. The van der Waals surface area contributed by atoms with Crippen LogP contribution in [0.5, 0.6) is 0 Å². The largest absolute Gasteiger partial charge is 0.480 e. The summed E-state index contributed by atoms with van der Waals surface area (Å²) in [5.74, 6) is -1.66. The molecular formula is C23H26N2O5. The molecule has 2 aromatic carbocycles. The van der Waals surface area contributed by atoms with E-state index in [-0.39, 0.29) is 12.5 Å². The second-order valence-electron chi connectivity index (χ2n) is 7.39. The number of carbonyl (C=O) groups is 3. The van der Waals surface area contributed by atoms with Crippen LogP contribution < -0.4 is 5.32 Å². The third kappa shape index (κ3) is 4.15. The van der Waals surface area contributed by atoms with Crippen LogP contribution in [0.2, 0.25) is 0 Å². The maximum atomic E-state index is 12.5. The predicted molar refractivity (Wildman–Crippen MR) is 112 cm³/mol. The van der Waals surface area contributed by atoms with Crippen molar-refractivity contribution in [3.05, 3.63) is 59.7 Å². The normalized spacial score (nSPS) is 14.2. The Bertz CT molecular complexity index is 913. The Morgan fingerprint density at radius 2 is 1.60 bits per heavy atom. The van der Waals surface area contributed by atoms with E-state index in [4.69, 9.17) is 9.84 Å². The molecule has 0 unspecified atom stereocenters. The van der Waals surface area contributed by atoms with Crippen molar-refractivity contribution < 1.29 is 24.2 Å². The lowest BCUT2D eigenvalue weighted by Crippen LogP contribution is -2.51. The van der Waals surface area contributed by atoms with Crippen molar-refractivity contribution in [3.8, 4) is 11.1 Å². The summed E-state index contributed by atoms with van der Waals surface area (Å²) in [6, 6.07) is 14.2. The molecule has 158 valence electrons. The zero-order valence-corrected chi connectivity index (χ0v) is 17.3. The number of hydrogen-bond donors (Lipinski definition) is 2. The van der Waals surface area contributed by atoms with Crippen LogP contribution in [0.3, 0.4) is 0 Å². The van der Waals surface area contributed by atoms with E-state index in [0.717, 1.165) is 27.2 Å². The van der Waals surface area contributed by atoms with Crippen molar-refractivity contribution in [1.82, 2.24) is 10.2 Å². The lowest BCUT2D eigenvalue weighted by atomic mass is 9.98. The molecule has 7 nitrogen and oxygen atoms in total. The Labute approximate surface area is 175 Å². The van der Waals surface area contributed by atoms with Gasteiger partial charge in [-0.3, -0.25) is 4.79 Å². The number of amides is 2. The van der Waals surface area contributed by atoms with Gasteiger partial charge in [0.25, 0.3) is 0 Å². The SMILES string of the molecule is CC[C@H](NC(=O)OCC1c2ccccc2-c2ccccc21)C(=O)N(C)[C@@H](C)C(=O)O. The van der Waals surface area contributed by atoms with E-state index in [1.807, 2.05) is 36.4 Å². The van der Waals surface area contributed by atoms with Crippen LogP contribution in [0.15, 0.2) is 48.5 Å². The maximum Gasteiger partial charge on any atom is 0.407 e. The molecule has 0 bridgehead atoms. The third-order valence-corrected chi connectivity index (χ3v) is 5.63. The topological polar surface area (TPSA) is 95.9 Å². The monoisotopic (exact) mass is 410 g/mol. The molecule has 0 saturated heterocycles. The summed E-state index contributed by atoms with van der Waals surface area (Å²) in [5, 5.41) is 11.7. The Morgan fingerprint density at radius 3 is 2.10 bits per heavy atom. The predicted octanol–water partition coefficient (Wildman–Crippen LogP) is 3.24. The summed E-state index contributed by atoms with van der Waals surface area (Å²) >= 11 is 0. The van der Waals surface area contributed by atoms with Crippen molar-refractivity contribution in [2.45, 2.75) is 38.3 Å². The van der Waals surface area contributed by atoms with Crippen molar-refractivity contribution in [3.63, 3.8) is 0 Å². The number of rotatable bonds is 7. The molecule has 1 aliphatic rings. The van der Waals surface area contributed by atoms with E-state index >= 15 is 0 Å². The second-order valence-corrected chi connectivity index (χ2v) is 7.39. The fourth-order valence-corrected chi connectivity index (χ4v) is 3.72. The summed E-state index contributed by atoms with van der Waals surface area (Å²) in [5.41, 5.74) is 4.47. The van der Waals surface area contributed by atoms with Crippen LogP contribution >= 0.6 is 0 Å². The smallest absolute Gasteiger partial charge is 0.407 e. The van der Waals surface area contributed by atoms with E-state index in [1.165, 1.54) is 14.0 Å². The fraction of sp³-hybridized carbons (Fsp3) is 0.348. The van der Waals surface area contributed by atoms with E-state index in [0.29, 0.717) is 6.42 Å². The van der Waals surface area contributed by atoms with Gasteiger partial charge in [-0.05, 0) is 35.6 Å². The first-order chi connectivity index (χ1) is 14.3. The molecule has 2 amide bonds. The molecule has 2 atom stereocenters. The van der Waals surface area contributed by atoms with Crippen molar-refractivity contribution in [2.75, 3.05) is 13.7 Å². The minimum atomic E-state index is -1.11. The number of alkyl carbamates (subject to hydrolysis) is 1. The lowest BCUT2D eigenvalue weighted by molar-refractivity contribution is -0.149. The van der Waals surface area contributed by atoms with Crippen LogP contribution in [-0.4, -0.2) is 53.7 Å². The van der Waals surface area contributed by atoms with Crippen LogP contribution in [0, 0.1) is 0 Å². The molecule has 3 rings (SSSR count). The highest BCUT2D eigenvalue weighted by Crippen LogP contribution is 2.44. The number of ether oxygens (including phenoxy) is 1. The Kier molecular flexibility index (Phi) is 6.40. The van der Waals surface area contributed by atoms with E-state index in [9.17, 15) is 14.4 Å². The molecule has 0 heterocycles. The zero-order valence-electron chi connectivity index (χ0n) is 17.3. The minimum absolute atomic E-state index is 0.0753. The molecule has 0 aliphatic heterocycles. The van der Waals surface area contributed by atoms with Crippen molar-refractivity contribution in [1.29, 1.82) is 0 Å². The third-order valence-electron chi connectivity index (χ3n) is 5.63. The Morgan fingerprint density at radius 1 is 1.07 bits per heavy atom. The maximum absolute atomic E-state index is 12.5. The summed E-state index contributed by atoms with van der Waals surface area (Å²) in [4.78, 5) is 37.2. The number of carboxylic acid groups (broad SMARTS) is 1. The van der Waals surface area contributed by atoms with Gasteiger partial charge < -0.3 is 20.1 Å². The lowest BCUT2D eigenvalue weighted by Gasteiger charge is -2.26. The molecule has 2 N–H and O–H groups in total. The first-order valence-electron chi connectivity index (χ1n) is 9.96. The minimum Gasteiger partial charge on any atom is -0.480 e. The summed E-state index contributed by atoms with van der Waals surface area (Å²) in [6.07, 6.45) is -0.381. The van der Waals surface area contributed by atoms with Gasteiger partial charge in [0.1, 0.15) is 18.7 Å². The van der Waals surface area contributed by atoms with Crippen LogP contribution in [-0.2, 0) is 14.3 Å². The van der Waals surface area contributed by atoms with Gasteiger partial charge in [0.2, 0.25) is 5.91 Å². The van der Waals surface area contributed by atoms with Gasteiger partial charge >= 0.3 is 12.1 Å². The molecule has 30 heavy (non-hydrogen) atoms. The number of nitrogens with zero attached hydrogens (tertiary/aromatic N) is 1. The number of likely N-dealkylation sites (N-methyl/N-ethyl adjacent to an activating group) is 1. The van der Waals surface area contributed by atoms with Gasteiger partial charge in [0.05, 0.1) is 0 Å². The summed E-state index contributed by atoms with van der Waals surface area (Å²) in [7, 11) is 1.41. The number of hydrogen-bond acceptors (Lipinski definition) is 4. The van der Waals surface area contributed by atoms with Gasteiger partial charge in [0, 0.05) is 13.0 Å². The Hall–Kier alpha value is -3.35. The molecule has 7 heteroatoms. The Balaban J connectivity index is 1.66. The van der Waals surface area contributed by atoms with Crippen LogP contribution in [0.25, 0.3) is 11.1 Å². The van der Waals surface area contributed by atoms with E-state index in [2.05, 4.69) is 17.4 Å². The quantitative estimate of drug-likeness (QED) is 0.731. The fourth-order valence-electron chi connectivity index (χ4n) is 3.72. The summed E-state index contributed by atoms with van der Waals surface area (Å²) in [6.45, 7) is 3.30. The molecule has 0 spiro atoms. The van der Waals surface area contributed by atoms with Gasteiger partial charge in [0.15, 0.2) is 0 Å². The number of carbonyl (C=O) groups excluding carboxylic acids is 2. The van der Waals surface area contributed by atoms with Crippen LogP contribution in [0.1, 0.15) is 37.3 Å². The van der Waals surface area contributed by atoms with E-state index in [1.54, 1.807) is 6.92 Å². The second kappa shape index (κ2) is 8.98. The van der Waals surface area contributed by atoms with Gasteiger partial charge in [-0.2, -0.15) is 0 Å². The first kappa shape index (κ1) is 21.4. The van der Waals surface area contributed by atoms with Crippen molar-refractivity contribution in [2.24, 2.45) is 0 Å². The molecule has 2 aromatic rings. The summed E-state index contributed by atoms with van der Waals surface area (Å²) < 4.78 is 5.47. The zero-order chi connectivity index (χ0) is 21.8. The standard InChI is InChI=1S/C23H26N2O5/c1-4-20(21(26)25(3)14(2)22(27)28)24-23(29)30-13-19-17-11-7-5-9-15(17)16-10-6-8-12-18(16)19/h5-12,14,19-20H,4,13H2,1-3H3,(H,24,29)(H,27,28)/t14-,20-/m0/s1. The van der Waals surface area contributed by atoms with Crippen LogP contribution in [0.4, 0.5) is 4.79 Å². The first-order valence-corrected chi connectivity index (χ1v) is 9.96. The molecule has 0 radical (unpaired) electrons. The highest BCUT2D eigenvalue weighted by atomic mass is 16.5. The van der Waals surface area contributed by atoms with Gasteiger partial charge in [-0.25, -0.2) is 9.59 Å². The van der Waals surface area contributed by atoms with Gasteiger partial charge in [-0.15, -0.1) is 0 Å². The number of aliphatic carboxylic acids is 1. The highest BCUT2D eigenvalue weighted by Gasteiger charge is 2.31. The van der Waals surface area contributed by atoms with Crippen molar-refractivity contribution >= 4 is 18.0 Å². The number of nitrogens with one attached hydrogen (secondary N) is 1. The number of benzene rings is 2. The average Bonchev–Trinajstić information content (AvgIpc) is 3.08. The molecular weight excluding hydrogens is 384 g/mol. The molecule has 0 saturated carbocycles. The average molecular weight is 410 g/mol.